The van der Waals surface area contributed by atoms with E-state index in [1.165, 1.54) is 0 Å². The Labute approximate surface area is 183 Å². The van der Waals surface area contributed by atoms with Crippen molar-refractivity contribution in [1.82, 2.24) is 14.8 Å². The van der Waals surface area contributed by atoms with Gasteiger partial charge < -0.3 is 14.4 Å². The zero-order valence-corrected chi connectivity index (χ0v) is 19.6. The summed E-state index contributed by atoms with van der Waals surface area (Å²) in [4.78, 5) is 22.1. The highest BCUT2D eigenvalue weighted by atomic mass is 32.1. The molecule has 0 spiro atoms. The Morgan fingerprint density at radius 1 is 1.07 bits per heavy atom. The average molecular weight is 432 g/mol. The van der Waals surface area contributed by atoms with Gasteiger partial charge >= 0.3 is 0 Å². The number of ether oxygens (including phenoxy) is 2. The van der Waals surface area contributed by atoms with Crippen molar-refractivity contribution in [3.05, 3.63) is 39.8 Å². The first-order chi connectivity index (χ1) is 14.3. The maximum Gasteiger partial charge on any atom is 0.254 e. The van der Waals surface area contributed by atoms with Gasteiger partial charge in [0, 0.05) is 42.5 Å². The number of nitrogens with zero attached hydrogens (tertiary/aromatic N) is 3. The van der Waals surface area contributed by atoms with Crippen molar-refractivity contribution < 1.29 is 14.3 Å². The molecule has 2 aromatic rings. The number of benzene rings is 1. The molecule has 0 aliphatic carbocycles. The lowest BCUT2D eigenvalue weighted by Gasteiger charge is -2.34. The number of thiazole rings is 1. The summed E-state index contributed by atoms with van der Waals surface area (Å²) in [6.07, 6.45) is 0. The van der Waals surface area contributed by atoms with Crippen molar-refractivity contribution in [3.8, 4) is 11.5 Å². The van der Waals surface area contributed by atoms with E-state index in [-0.39, 0.29) is 11.3 Å². The number of hydrogen-bond acceptors (Lipinski definition) is 6. The molecular weight excluding hydrogens is 398 g/mol. The summed E-state index contributed by atoms with van der Waals surface area (Å²) in [6, 6.07) is 5.45. The first-order valence-electron chi connectivity index (χ1n) is 10.7. The molecule has 1 fully saturated rings. The van der Waals surface area contributed by atoms with Crippen LogP contribution in [0.3, 0.4) is 0 Å². The van der Waals surface area contributed by atoms with Gasteiger partial charge in [0.25, 0.3) is 5.91 Å². The summed E-state index contributed by atoms with van der Waals surface area (Å²) >= 11 is 1.73. The van der Waals surface area contributed by atoms with Crippen LogP contribution in [0.15, 0.2) is 23.6 Å². The van der Waals surface area contributed by atoms with Crippen LogP contribution >= 0.6 is 11.3 Å². The summed E-state index contributed by atoms with van der Waals surface area (Å²) < 4.78 is 11.3. The zero-order valence-electron chi connectivity index (χ0n) is 18.7. The molecule has 1 amide bonds. The van der Waals surface area contributed by atoms with Crippen LogP contribution < -0.4 is 9.47 Å². The van der Waals surface area contributed by atoms with Crippen molar-refractivity contribution >= 4 is 17.2 Å². The number of piperazine rings is 1. The van der Waals surface area contributed by atoms with Crippen LogP contribution in [0.5, 0.6) is 11.5 Å². The monoisotopic (exact) mass is 431 g/mol. The number of amides is 1. The van der Waals surface area contributed by atoms with Gasteiger partial charge in [0.05, 0.1) is 25.5 Å². The summed E-state index contributed by atoms with van der Waals surface area (Å²) in [5.74, 6) is 1.35. The van der Waals surface area contributed by atoms with Gasteiger partial charge in [0.1, 0.15) is 5.01 Å². The fraction of sp³-hybridized carbons (Fsp3) is 0.565. The molecule has 164 valence electrons. The Morgan fingerprint density at radius 3 is 2.33 bits per heavy atom. The van der Waals surface area contributed by atoms with Crippen molar-refractivity contribution in [2.45, 2.75) is 46.6 Å². The van der Waals surface area contributed by atoms with Crippen LogP contribution in [0.4, 0.5) is 0 Å². The quantitative estimate of drug-likeness (QED) is 0.658. The number of aromatic nitrogens is 1. The molecule has 30 heavy (non-hydrogen) atoms. The highest BCUT2D eigenvalue weighted by Crippen LogP contribution is 2.29. The predicted octanol–water partition coefficient (Wildman–Crippen LogP) is 4.20. The average Bonchev–Trinajstić information content (AvgIpc) is 3.19. The molecule has 2 heterocycles. The Morgan fingerprint density at radius 2 is 1.73 bits per heavy atom. The minimum Gasteiger partial charge on any atom is -0.490 e. The van der Waals surface area contributed by atoms with E-state index in [0.29, 0.717) is 43.4 Å². The van der Waals surface area contributed by atoms with E-state index in [9.17, 15) is 4.79 Å². The lowest BCUT2D eigenvalue weighted by atomic mass is 9.93. The molecule has 1 aromatic heterocycles. The third-order valence-corrected chi connectivity index (χ3v) is 5.96. The Balaban J connectivity index is 1.58. The number of hydrogen-bond donors (Lipinski definition) is 0. The third kappa shape index (κ3) is 5.52. The van der Waals surface area contributed by atoms with Gasteiger partial charge in [-0.05, 0) is 32.0 Å². The molecule has 0 bridgehead atoms. The predicted molar refractivity (Wildman–Crippen MR) is 121 cm³/mol. The van der Waals surface area contributed by atoms with Crippen LogP contribution in [-0.2, 0) is 12.0 Å². The van der Waals surface area contributed by atoms with Crippen LogP contribution in [0.1, 0.15) is 55.7 Å². The largest absolute Gasteiger partial charge is 0.490 e. The van der Waals surface area contributed by atoms with Gasteiger partial charge in [-0.25, -0.2) is 4.98 Å². The van der Waals surface area contributed by atoms with Gasteiger partial charge in [0.15, 0.2) is 11.5 Å². The van der Waals surface area contributed by atoms with Gasteiger partial charge in [-0.2, -0.15) is 0 Å². The second kappa shape index (κ2) is 9.79. The highest BCUT2D eigenvalue weighted by Gasteiger charge is 2.24. The molecule has 0 N–H and O–H groups in total. The van der Waals surface area contributed by atoms with Crippen molar-refractivity contribution in [2.24, 2.45) is 0 Å². The van der Waals surface area contributed by atoms with Gasteiger partial charge in [-0.15, -0.1) is 11.3 Å². The van der Waals surface area contributed by atoms with E-state index in [0.717, 1.165) is 30.3 Å². The summed E-state index contributed by atoms with van der Waals surface area (Å²) in [6.45, 7) is 15.5. The van der Waals surface area contributed by atoms with E-state index in [2.05, 4.69) is 31.1 Å². The molecular formula is C23H33N3O3S. The molecule has 3 rings (SSSR count). The zero-order chi connectivity index (χ0) is 21.7. The van der Waals surface area contributed by atoms with Crippen LogP contribution in [0.2, 0.25) is 0 Å². The van der Waals surface area contributed by atoms with Crippen molar-refractivity contribution in [1.29, 1.82) is 0 Å². The van der Waals surface area contributed by atoms with E-state index >= 15 is 0 Å². The van der Waals surface area contributed by atoms with Gasteiger partial charge in [-0.3, -0.25) is 9.69 Å². The number of rotatable bonds is 7. The lowest BCUT2D eigenvalue weighted by Crippen LogP contribution is -2.48. The second-order valence-corrected chi connectivity index (χ2v) is 9.42. The molecule has 0 unspecified atom stereocenters. The minimum atomic E-state index is 0.0444. The molecule has 1 saturated heterocycles. The fourth-order valence-corrected chi connectivity index (χ4v) is 4.46. The maximum atomic E-state index is 13.0. The Hall–Kier alpha value is -2.12. The first-order valence-corrected chi connectivity index (χ1v) is 11.6. The lowest BCUT2D eigenvalue weighted by molar-refractivity contribution is 0.0627. The molecule has 7 heteroatoms. The van der Waals surface area contributed by atoms with Crippen LogP contribution in [-0.4, -0.2) is 60.1 Å². The topological polar surface area (TPSA) is 54.9 Å². The Kier molecular flexibility index (Phi) is 7.36. The fourth-order valence-electron chi connectivity index (χ4n) is 3.40. The van der Waals surface area contributed by atoms with Crippen molar-refractivity contribution in [2.75, 3.05) is 39.4 Å². The smallest absolute Gasteiger partial charge is 0.254 e. The highest BCUT2D eigenvalue weighted by molar-refractivity contribution is 7.09. The molecule has 1 aliphatic rings. The molecule has 6 nitrogen and oxygen atoms in total. The minimum absolute atomic E-state index is 0.0444. The Bertz CT molecular complexity index is 852. The number of carbonyl (C=O) groups is 1. The van der Waals surface area contributed by atoms with Gasteiger partial charge in [-0.1, -0.05) is 20.8 Å². The molecule has 1 aliphatic heterocycles. The van der Waals surface area contributed by atoms with E-state index in [1.807, 2.05) is 30.9 Å². The summed E-state index contributed by atoms with van der Waals surface area (Å²) in [5, 5.41) is 3.31. The maximum absolute atomic E-state index is 13.0. The SMILES string of the molecule is CCOc1ccc(C(=O)N2CCN(Cc3nc(C(C)(C)C)cs3)CC2)cc1OCC. The second-order valence-electron chi connectivity index (χ2n) is 8.47. The van der Waals surface area contributed by atoms with E-state index in [4.69, 9.17) is 14.5 Å². The van der Waals surface area contributed by atoms with Crippen molar-refractivity contribution in [3.63, 3.8) is 0 Å². The van der Waals surface area contributed by atoms with Crippen LogP contribution in [0.25, 0.3) is 0 Å². The summed E-state index contributed by atoms with van der Waals surface area (Å²) in [7, 11) is 0. The molecule has 0 saturated carbocycles. The number of carbonyl (C=O) groups excluding carboxylic acids is 1. The standard InChI is InChI=1S/C23H33N3O3S/c1-6-28-18-9-8-17(14-19(18)29-7-2)22(27)26-12-10-25(11-13-26)15-21-24-20(16-30-21)23(3,4)5/h8-9,14,16H,6-7,10-13,15H2,1-5H3. The van der Waals surface area contributed by atoms with Crippen LogP contribution in [0, 0.1) is 0 Å². The molecule has 0 atom stereocenters. The summed E-state index contributed by atoms with van der Waals surface area (Å²) in [5.41, 5.74) is 1.87. The molecule has 1 aromatic carbocycles. The normalized spacial score (nSPS) is 15.3. The molecule has 0 radical (unpaired) electrons. The first kappa shape index (κ1) is 22.6. The van der Waals surface area contributed by atoms with E-state index < -0.39 is 0 Å². The third-order valence-electron chi connectivity index (χ3n) is 5.13. The van der Waals surface area contributed by atoms with Gasteiger partial charge in [0.2, 0.25) is 0 Å². The van der Waals surface area contributed by atoms with E-state index in [1.54, 1.807) is 17.4 Å².